The van der Waals surface area contributed by atoms with Crippen molar-refractivity contribution in [1.82, 2.24) is 15.5 Å². The Bertz CT molecular complexity index is 527. The van der Waals surface area contributed by atoms with Gasteiger partial charge in [0.05, 0.1) is 6.04 Å². The van der Waals surface area contributed by atoms with Gasteiger partial charge in [0.15, 0.2) is 0 Å². The number of aryl methyl sites for hydroxylation is 1. The van der Waals surface area contributed by atoms with E-state index in [9.17, 15) is 0 Å². The molecule has 0 radical (unpaired) electrons. The summed E-state index contributed by atoms with van der Waals surface area (Å²) in [4.78, 5) is 4.52. The third-order valence-electron chi connectivity index (χ3n) is 3.67. The molecule has 0 bridgehead atoms. The minimum absolute atomic E-state index is 0.227. The summed E-state index contributed by atoms with van der Waals surface area (Å²) in [5, 5.41) is 7.51. The zero-order valence-electron chi connectivity index (χ0n) is 11.2. The van der Waals surface area contributed by atoms with E-state index < -0.39 is 0 Å². The summed E-state index contributed by atoms with van der Waals surface area (Å²) in [5.41, 5.74) is 2.34. The molecular weight excluding hydrogens is 238 g/mol. The molecule has 4 heteroatoms. The van der Waals surface area contributed by atoms with Crippen molar-refractivity contribution < 1.29 is 4.52 Å². The molecule has 0 spiro atoms. The van der Waals surface area contributed by atoms with E-state index in [1.54, 1.807) is 0 Å². The molecule has 0 saturated carbocycles. The average Bonchev–Trinajstić information content (AvgIpc) is 2.98. The average molecular weight is 257 g/mol. The van der Waals surface area contributed by atoms with Crippen molar-refractivity contribution in [2.75, 3.05) is 6.54 Å². The number of aromatic nitrogens is 2. The summed E-state index contributed by atoms with van der Waals surface area (Å²) < 4.78 is 5.39. The summed E-state index contributed by atoms with van der Waals surface area (Å²) in [6.07, 6.45) is 4.58. The van der Waals surface area contributed by atoms with E-state index in [1.807, 2.05) is 0 Å². The molecule has 1 fully saturated rings. The van der Waals surface area contributed by atoms with Crippen molar-refractivity contribution in [2.45, 2.75) is 38.6 Å². The van der Waals surface area contributed by atoms with Gasteiger partial charge in [-0.05, 0) is 31.4 Å². The van der Waals surface area contributed by atoms with Gasteiger partial charge in [-0.2, -0.15) is 4.98 Å². The molecule has 3 rings (SSSR count). The van der Waals surface area contributed by atoms with Gasteiger partial charge in [0.25, 0.3) is 0 Å². The Labute approximate surface area is 113 Å². The molecule has 1 saturated heterocycles. The zero-order valence-corrected chi connectivity index (χ0v) is 11.2. The van der Waals surface area contributed by atoms with Crippen molar-refractivity contribution in [2.24, 2.45) is 0 Å². The number of hydrogen-bond acceptors (Lipinski definition) is 4. The molecule has 1 aliphatic heterocycles. The molecule has 1 N–H and O–H groups in total. The Morgan fingerprint density at radius 1 is 1.26 bits per heavy atom. The van der Waals surface area contributed by atoms with Crippen LogP contribution in [0.1, 0.15) is 43.7 Å². The first kappa shape index (κ1) is 12.4. The fourth-order valence-electron chi connectivity index (χ4n) is 2.45. The van der Waals surface area contributed by atoms with Gasteiger partial charge in [-0.1, -0.05) is 42.8 Å². The largest absolute Gasteiger partial charge is 0.337 e. The van der Waals surface area contributed by atoms with Gasteiger partial charge in [0.2, 0.25) is 11.7 Å². The lowest BCUT2D eigenvalue weighted by molar-refractivity contribution is 0.297. The first-order valence-electron chi connectivity index (χ1n) is 7.03. The van der Waals surface area contributed by atoms with Crippen LogP contribution in [0.4, 0.5) is 0 Å². The van der Waals surface area contributed by atoms with Crippen LogP contribution in [0.25, 0.3) is 11.4 Å². The number of nitrogens with zero attached hydrogens (tertiary/aromatic N) is 2. The number of nitrogens with one attached hydrogen (secondary N) is 1. The molecule has 1 aliphatic rings. The summed E-state index contributed by atoms with van der Waals surface area (Å²) in [6, 6.07) is 8.57. The minimum atomic E-state index is 0.227. The highest BCUT2D eigenvalue weighted by Crippen LogP contribution is 2.24. The molecule has 4 nitrogen and oxygen atoms in total. The molecule has 19 heavy (non-hydrogen) atoms. The highest BCUT2D eigenvalue weighted by Gasteiger charge is 2.21. The first-order valence-corrected chi connectivity index (χ1v) is 7.03. The Morgan fingerprint density at radius 3 is 2.79 bits per heavy atom. The van der Waals surface area contributed by atoms with Crippen molar-refractivity contribution in [3.63, 3.8) is 0 Å². The van der Waals surface area contributed by atoms with E-state index in [1.165, 1.54) is 18.4 Å². The number of rotatable bonds is 3. The van der Waals surface area contributed by atoms with Gasteiger partial charge < -0.3 is 9.84 Å². The fraction of sp³-hybridized carbons (Fsp3) is 0.467. The van der Waals surface area contributed by atoms with Crippen LogP contribution >= 0.6 is 0 Å². The molecule has 1 atom stereocenters. The molecule has 0 amide bonds. The van der Waals surface area contributed by atoms with Crippen molar-refractivity contribution in [3.8, 4) is 11.4 Å². The van der Waals surface area contributed by atoms with Gasteiger partial charge in [-0.15, -0.1) is 0 Å². The maximum absolute atomic E-state index is 5.39. The number of benzene rings is 1. The standard InChI is InChI=1S/C15H19N3O/c1-2-11-6-8-12(9-7-11)14-17-15(19-18-14)13-5-3-4-10-16-13/h6-9,13,16H,2-5,10H2,1H3. The highest BCUT2D eigenvalue weighted by atomic mass is 16.5. The number of hydrogen-bond donors (Lipinski definition) is 1. The smallest absolute Gasteiger partial charge is 0.244 e. The summed E-state index contributed by atoms with van der Waals surface area (Å²) >= 11 is 0. The predicted octanol–water partition coefficient (Wildman–Crippen LogP) is 3.11. The van der Waals surface area contributed by atoms with Crippen molar-refractivity contribution in [3.05, 3.63) is 35.7 Å². The fourth-order valence-corrected chi connectivity index (χ4v) is 2.45. The first-order chi connectivity index (χ1) is 9.36. The Kier molecular flexibility index (Phi) is 3.60. The van der Waals surface area contributed by atoms with E-state index in [0.29, 0.717) is 11.7 Å². The van der Waals surface area contributed by atoms with Crippen LogP contribution in [-0.4, -0.2) is 16.7 Å². The Balaban J connectivity index is 1.79. The maximum atomic E-state index is 5.39. The van der Waals surface area contributed by atoms with Crippen LogP contribution < -0.4 is 5.32 Å². The van der Waals surface area contributed by atoms with E-state index >= 15 is 0 Å². The minimum Gasteiger partial charge on any atom is -0.337 e. The second-order valence-electron chi connectivity index (χ2n) is 5.01. The third-order valence-corrected chi connectivity index (χ3v) is 3.67. The van der Waals surface area contributed by atoms with E-state index in [0.717, 1.165) is 24.9 Å². The summed E-state index contributed by atoms with van der Waals surface area (Å²) in [5.74, 6) is 1.40. The van der Waals surface area contributed by atoms with Gasteiger partial charge >= 0.3 is 0 Å². The molecule has 1 aromatic carbocycles. The summed E-state index contributed by atoms with van der Waals surface area (Å²) in [6.45, 7) is 3.18. The molecular formula is C15H19N3O. The van der Waals surface area contributed by atoms with E-state index in [-0.39, 0.29) is 6.04 Å². The van der Waals surface area contributed by atoms with Crippen LogP contribution in [0.2, 0.25) is 0 Å². The van der Waals surface area contributed by atoms with E-state index in [2.05, 4.69) is 46.6 Å². The van der Waals surface area contributed by atoms with Gasteiger partial charge in [-0.3, -0.25) is 0 Å². The SMILES string of the molecule is CCc1ccc(-c2noc(C3CCCCN3)n2)cc1. The monoisotopic (exact) mass is 257 g/mol. The Hall–Kier alpha value is -1.68. The van der Waals surface area contributed by atoms with Crippen LogP contribution in [0, 0.1) is 0 Å². The van der Waals surface area contributed by atoms with Gasteiger partial charge in [0.1, 0.15) is 0 Å². The highest BCUT2D eigenvalue weighted by molar-refractivity contribution is 5.54. The third kappa shape index (κ3) is 2.68. The van der Waals surface area contributed by atoms with Crippen LogP contribution in [0.15, 0.2) is 28.8 Å². The van der Waals surface area contributed by atoms with Crippen LogP contribution in [0.3, 0.4) is 0 Å². The molecule has 1 aromatic heterocycles. The normalized spacial score (nSPS) is 19.5. The summed E-state index contributed by atoms with van der Waals surface area (Å²) in [7, 11) is 0. The molecule has 0 aliphatic carbocycles. The van der Waals surface area contributed by atoms with Crippen LogP contribution in [0.5, 0.6) is 0 Å². The lowest BCUT2D eigenvalue weighted by Gasteiger charge is -2.19. The quantitative estimate of drug-likeness (QED) is 0.918. The topological polar surface area (TPSA) is 51.0 Å². The van der Waals surface area contributed by atoms with Crippen LogP contribution in [-0.2, 0) is 6.42 Å². The lowest BCUT2D eigenvalue weighted by atomic mass is 10.1. The predicted molar refractivity (Wildman–Crippen MR) is 73.7 cm³/mol. The number of piperidine rings is 1. The molecule has 100 valence electrons. The van der Waals surface area contributed by atoms with Gasteiger partial charge in [-0.25, -0.2) is 0 Å². The molecule has 2 aromatic rings. The van der Waals surface area contributed by atoms with Crippen molar-refractivity contribution in [1.29, 1.82) is 0 Å². The molecule has 2 heterocycles. The second kappa shape index (κ2) is 5.53. The zero-order chi connectivity index (χ0) is 13.1. The lowest BCUT2D eigenvalue weighted by Crippen LogP contribution is -2.26. The Morgan fingerprint density at radius 2 is 2.11 bits per heavy atom. The maximum Gasteiger partial charge on any atom is 0.244 e. The van der Waals surface area contributed by atoms with E-state index in [4.69, 9.17) is 4.52 Å². The van der Waals surface area contributed by atoms with Gasteiger partial charge in [0, 0.05) is 5.56 Å². The second-order valence-corrected chi connectivity index (χ2v) is 5.01. The van der Waals surface area contributed by atoms with Crippen molar-refractivity contribution >= 4 is 0 Å². The molecule has 1 unspecified atom stereocenters.